The van der Waals surface area contributed by atoms with Crippen LogP contribution >= 0.6 is 0 Å². The van der Waals surface area contributed by atoms with E-state index in [2.05, 4.69) is 4.72 Å². The molecule has 2 unspecified atom stereocenters. The molecule has 0 aromatic heterocycles. The molecule has 4 aliphatic carbocycles. The molecule has 0 saturated heterocycles. The number of carbonyl (C=O) groups excluding carboxylic acids is 2. The smallest absolute Gasteiger partial charge is 0.241 e. The lowest BCUT2D eigenvalue weighted by Crippen LogP contribution is -2.58. The number of nitrogens with two attached hydrogens (primary N) is 1. The number of carbonyl (C=O) groups is 2. The molecular formula is C23H31FN2O5S. The van der Waals surface area contributed by atoms with E-state index >= 15 is 0 Å². The minimum Gasteiger partial charge on any atom is -0.494 e. The van der Waals surface area contributed by atoms with Gasteiger partial charge >= 0.3 is 0 Å². The zero-order chi connectivity index (χ0) is 23.5. The van der Waals surface area contributed by atoms with Crippen molar-refractivity contribution in [1.82, 2.24) is 4.72 Å². The molecule has 9 heteroatoms. The number of sulfonamides is 1. The van der Waals surface area contributed by atoms with Crippen LogP contribution in [0.2, 0.25) is 0 Å². The number of methoxy groups -OCH3 is 1. The molecule has 1 aromatic rings. The Morgan fingerprint density at radius 3 is 2.38 bits per heavy atom. The largest absolute Gasteiger partial charge is 0.494 e. The van der Waals surface area contributed by atoms with Crippen LogP contribution in [0, 0.1) is 28.5 Å². The van der Waals surface area contributed by atoms with Crippen molar-refractivity contribution in [2.24, 2.45) is 28.4 Å². The number of amides is 1. The predicted molar refractivity (Wildman–Crippen MR) is 116 cm³/mol. The Morgan fingerprint density at radius 2 is 1.84 bits per heavy atom. The van der Waals surface area contributed by atoms with Crippen molar-refractivity contribution in [1.29, 1.82) is 0 Å². The molecule has 4 saturated carbocycles. The van der Waals surface area contributed by atoms with E-state index in [1.807, 2.05) is 0 Å². The Bertz CT molecular complexity index is 1050. The summed E-state index contributed by atoms with van der Waals surface area (Å²) in [5, 5.41) is 0. The van der Waals surface area contributed by atoms with Crippen LogP contribution in [0.3, 0.4) is 0 Å². The van der Waals surface area contributed by atoms with E-state index in [4.69, 9.17) is 10.5 Å². The monoisotopic (exact) mass is 466 g/mol. The molecule has 2 atom stereocenters. The van der Waals surface area contributed by atoms with Gasteiger partial charge in [0.05, 0.1) is 23.0 Å². The standard InChI is InChI=1S/C23H31FN2O5S/c1-21(2,26-32(29,30)16-4-5-18(31-3)17(24)7-16)19(27)12-22-8-14-6-15(9-22)11-23(10-14,13-22)20(25)28/h4-5,7,14-15,26H,6,8-13H2,1-3H3,(H2,25,28). The second-order valence-corrected chi connectivity index (χ2v) is 12.4. The van der Waals surface area contributed by atoms with Crippen LogP contribution in [-0.4, -0.2) is 32.8 Å². The Kier molecular flexibility index (Phi) is 5.44. The average molecular weight is 467 g/mol. The van der Waals surface area contributed by atoms with Crippen LogP contribution < -0.4 is 15.2 Å². The number of ketones is 1. The second kappa shape index (κ2) is 7.52. The molecular weight excluding hydrogens is 435 g/mol. The van der Waals surface area contributed by atoms with Crippen molar-refractivity contribution in [3.8, 4) is 5.75 Å². The van der Waals surface area contributed by atoms with Gasteiger partial charge < -0.3 is 10.5 Å². The van der Waals surface area contributed by atoms with Crippen molar-refractivity contribution in [3.63, 3.8) is 0 Å². The van der Waals surface area contributed by atoms with Crippen LogP contribution in [0.1, 0.15) is 58.8 Å². The number of benzene rings is 1. The van der Waals surface area contributed by atoms with E-state index in [1.54, 1.807) is 0 Å². The number of nitrogens with one attached hydrogen (secondary N) is 1. The number of hydrogen-bond donors (Lipinski definition) is 2. The topological polar surface area (TPSA) is 116 Å². The Morgan fingerprint density at radius 1 is 1.22 bits per heavy atom. The van der Waals surface area contributed by atoms with Crippen LogP contribution in [-0.2, 0) is 19.6 Å². The first kappa shape index (κ1) is 23.2. The van der Waals surface area contributed by atoms with Gasteiger partial charge in [-0.25, -0.2) is 12.8 Å². The van der Waals surface area contributed by atoms with E-state index in [0.717, 1.165) is 38.2 Å². The molecule has 0 aliphatic heterocycles. The second-order valence-electron chi connectivity index (χ2n) is 10.7. The van der Waals surface area contributed by atoms with Crippen molar-refractivity contribution in [2.75, 3.05) is 7.11 Å². The third kappa shape index (κ3) is 3.94. The number of hydrogen-bond acceptors (Lipinski definition) is 5. The highest BCUT2D eigenvalue weighted by Gasteiger charge is 2.60. The summed E-state index contributed by atoms with van der Waals surface area (Å²) in [4.78, 5) is 25.4. The molecule has 7 nitrogen and oxygen atoms in total. The zero-order valence-electron chi connectivity index (χ0n) is 18.7. The molecule has 4 fully saturated rings. The summed E-state index contributed by atoms with van der Waals surface area (Å²) < 4.78 is 47.1. The molecule has 176 valence electrons. The van der Waals surface area contributed by atoms with Gasteiger partial charge in [0.1, 0.15) is 0 Å². The molecule has 0 heterocycles. The van der Waals surface area contributed by atoms with Gasteiger partial charge in [0, 0.05) is 6.42 Å². The molecule has 0 spiro atoms. The quantitative estimate of drug-likeness (QED) is 0.611. The molecule has 5 rings (SSSR count). The first-order valence-corrected chi connectivity index (χ1v) is 12.5. The summed E-state index contributed by atoms with van der Waals surface area (Å²) in [6.07, 6.45) is 5.21. The summed E-state index contributed by atoms with van der Waals surface area (Å²) in [6.45, 7) is 3.05. The molecule has 0 radical (unpaired) electrons. The van der Waals surface area contributed by atoms with Crippen LogP contribution in [0.5, 0.6) is 5.75 Å². The number of rotatable bonds is 8. The SMILES string of the molecule is COc1ccc(S(=O)(=O)NC(C)(C)C(=O)CC23CC4CC(C2)CC(C(N)=O)(C4)C3)cc1F. The highest BCUT2D eigenvalue weighted by Crippen LogP contribution is 2.66. The number of halogens is 1. The maximum atomic E-state index is 14.0. The molecule has 32 heavy (non-hydrogen) atoms. The summed E-state index contributed by atoms with van der Waals surface area (Å²) >= 11 is 0. The Balaban J connectivity index is 1.53. The van der Waals surface area contributed by atoms with Crippen molar-refractivity contribution in [3.05, 3.63) is 24.0 Å². The van der Waals surface area contributed by atoms with Crippen molar-refractivity contribution < 1.29 is 27.1 Å². The maximum absolute atomic E-state index is 14.0. The number of ether oxygens (including phenoxy) is 1. The van der Waals surface area contributed by atoms with Crippen LogP contribution in [0.15, 0.2) is 23.1 Å². The molecule has 4 aliphatic rings. The van der Waals surface area contributed by atoms with Crippen molar-refractivity contribution >= 4 is 21.7 Å². The highest BCUT2D eigenvalue weighted by atomic mass is 32.2. The van der Waals surface area contributed by atoms with Gasteiger partial charge in [-0.05, 0) is 87.8 Å². The van der Waals surface area contributed by atoms with Gasteiger partial charge in [-0.1, -0.05) is 0 Å². The highest BCUT2D eigenvalue weighted by molar-refractivity contribution is 7.89. The van der Waals surface area contributed by atoms with Gasteiger partial charge in [0.2, 0.25) is 15.9 Å². The van der Waals surface area contributed by atoms with E-state index in [-0.39, 0.29) is 34.2 Å². The minimum atomic E-state index is -4.14. The lowest BCUT2D eigenvalue weighted by atomic mass is 9.43. The molecule has 4 bridgehead atoms. The van der Waals surface area contributed by atoms with E-state index < -0.39 is 26.8 Å². The van der Waals surface area contributed by atoms with Crippen molar-refractivity contribution in [2.45, 2.75) is 69.2 Å². The number of Topliss-reactive ketones (excluding diaryl/α,β-unsaturated/α-hetero) is 1. The lowest BCUT2D eigenvalue weighted by Gasteiger charge is -2.61. The van der Waals surface area contributed by atoms with E-state index in [9.17, 15) is 22.4 Å². The van der Waals surface area contributed by atoms with E-state index in [1.165, 1.54) is 33.1 Å². The Hall–Kier alpha value is -2.00. The zero-order valence-corrected chi connectivity index (χ0v) is 19.6. The first-order chi connectivity index (χ1) is 14.8. The lowest BCUT2D eigenvalue weighted by molar-refractivity contribution is -0.158. The van der Waals surface area contributed by atoms with Gasteiger partial charge in [-0.3, -0.25) is 9.59 Å². The van der Waals surface area contributed by atoms with Crippen LogP contribution in [0.4, 0.5) is 4.39 Å². The van der Waals surface area contributed by atoms with Gasteiger partial charge in [0.25, 0.3) is 0 Å². The Labute approximate surface area is 188 Å². The summed E-state index contributed by atoms with van der Waals surface area (Å²) in [6, 6.07) is 3.34. The normalized spacial score (nSPS) is 31.5. The maximum Gasteiger partial charge on any atom is 0.241 e. The third-order valence-electron chi connectivity index (χ3n) is 7.76. The molecule has 1 aromatic carbocycles. The molecule has 3 N–H and O–H groups in total. The third-order valence-corrected chi connectivity index (χ3v) is 9.41. The average Bonchev–Trinajstić information content (AvgIpc) is 2.65. The molecule has 1 amide bonds. The fourth-order valence-electron chi connectivity index (χ4n) is 6.77. The fraction of sp³-hybridized carbons (Fsp3) is 0.652. The summed E-state index contributed by atoms with van der Waals surface area (Å²) in [7, 11) is -2.85. The first-order valence-electron chi connectivity index (χ1n) is 11.0. The summed E-state index contributed by atoms with van der Waals surface area (Å²) in [5.41, 5.74) is 3.55. The van der Waals surface area contributed by atoms with Gasteiger partial charge in [-0.15, -0.1) is 0 Å². The number of primary amides is 1. The van der Waals surface area contributed by atoms with Crippen LogP contribution in [0.25, 0.3) is 0 Å². The van der Waals surface area contributed by atoms with Gasteiger partial charge in [-0.2, -0.15) is 4.72 Å². The minimum absolute atomic E-state index is 0.0653. The fourth-order valence-corrected chi connectivity index (χ4v) is 8.18. The van der Waals surface area contributed by atoms with E-state index in [0.29, 0.717) is 18.3 Å². The van der Waals surface area contributed by atoms with Gasteiger partial charge in [0.15, 0.2) is 17.3 Å². The summed E-state index contributed by atoms with van der Waals surface area (Å²) in [5.74, 6) is -0.604. The predicted octanol–water partition coefficient (Wildman–Crippen LogP) is 2.92.